The first-order chi connectivity index (χ1) is 17.3. The largest absolute Gasteiger partial charge is 0.367 e. The van der Waals surface area contributed by atoms with Gasteiger partial charge in [0, 0.05) is 6.42 Å². The highest BCUT2D eigenvalue weighted by Gasteiger charge is 2.53. The summed E-state index contributed by atoms with van der Waals surface area (Å²) in [5.74, 6) is -2.23. The van der Waals surface area contributed by atoms with Gasteiger partial charge in [-0.05, 0) is 0 Å². The minimum absolute atomic E-state index is 1.36. The van der Waals surface area contributed by atoms with Crippen LogP contribution < -0.4 is 5.73 Å². The molecule has 0 bridgehead atoms. The predicted octanol–water partition coefficient (Wildman–Crippen LogP) is 5.24. The van der Waals surface area contributed by atoms with E-state index in [1.807, 2.05) is 0 Å². The maximum atomic E-state index is 13.8. The number of primary amides is 1. The van der Waals surface area contributed by atoms with Crippen molar-refractivity contribution in [1.82, 2.24) is 0 Å². The Kier molecular flexibility index (Phi) is 15.1. The fourth-order valence-electron chi connectivity index (χ4n) is 2.89. The summed E-state index contributed by atoms with van der Waals surface area (Å²) in [7, 11) is 0. The normalized spacial score (nSPS) is 25.3. The zero-order valence-corrected chi connectivity index (χ0v) is 18.6. The first-order valence-corrected chi connectivity index (χ1v) is 10.4. The number of carbonyl (C=O) groups is 1. The zero-order valence-electron chi connectivity index (χ0n) is 18.6. The van der Waals surface area contributed by atoms with E-state index < -0.39 is 118 Å². The number of amides is 1. The molecular formula is C19H22F17NO. The molecule has 0 aliphatic heterocycles. The number of halogens is 17. The molecule has 0 fully saturated rings. The lowest BCUT2D eigenvalue weighted by Gasteiger charge is -2.29. The highest BCUT2D eigenvalue weighted by Crippen LogP contribution is 2.33. The van der Waals surface area contributed by atoms with Gasteiger partial charge < -0.3 is 5.73 Å². The van der Waals surface area contributed by atoms with Gasteiger partial charge >= 0.3 is 0 Å². The standard InChI is InChI=1S/C19H22F17NO/c20-2-1-3(21)4(22)5(23)6(24)7(25)8(26)9(27)10(28)11(29)12(30)13(31)14(32)15(33)16(34)17(35)18(36)19(37)38/h3-18H,1-2H2,(H2,37,38). The Balaban J connectivity index is 5.35. The van der Waals surface area contributed by atoms with Crippen LogP contribution in [-0.4, -0.2) is 111 Å². The maximum absolute atomic E-state index is 13.8. The van der Waals surface area contributed by atoms with Crippen LogP contribution in [0.25, 0.3) is 0 Å². The van der Waals surface area contributed by atoms with Crippen LogP contribution in [-0.2, 0) is 4.79 Å². The Labute approximate surface area is 204 Å². The molecule has 1 amide bonds. The van der Waals surface area contributed by atoms with E-state index in [-0.39, 0.29) is 0 Å². The van der Waals surface area contributed by atoms with Gasteiger partial charge in [0.1, 0.15) is 6.17 Å². The molecule has 0 rings (SSSR count). The van der Waals surface area contributed by atoms with Crippen LogP contribution in [0, 0.1) is 0 Å². The second kappa shape index (κ2) is 15.8. The number of rotatable bonds is 18. The van der Waals surface area contributed by atoms with Crippen LogP contribution in [0.4, 0.5) is 74.6 Å². The van der Waals surface area contributed by atoms with Gasteiger partial charge in [-0.15, -0.1) is 0 Å². The lowest BCUT2D eigenvalue weighted by molar-refractivity contribution is -0.127. The summed E-state index contributed by atoms with van der Waals surface area (Å²) in [6.45, 7) is -1.60. The first kappa shape index (κ1) is 36.3. The average Bonchev–Trinajstić information content (AvgIpc) is 2.90. The van der Waals surface area contributed by atoms with Gasteiger partial charge in [-0.3, -0.25) is 9.18 Å². The Hall–Kier alpha value is -1.72. The van der Waals surface area contributed by atoms with Gasteiger partial charge in [0.15, 0.2) is 86.4 Å². The van der Waals surface area contributed by atoms with Gasteiger partial charge in [0.25, 0.3) is 5.91 Å². The maximum Gasteiger partial charge on any atom is 0.255 e. The molecule has 0 aliphatic rings. The van der Waals surface area contributed by atoms with Gasteiger partial charge in [-0.2, -0.15) is 0 Å². The van der Waals surface area contributed by atoms with Crippen LogP contribution in [0.1, 0.15) is 6.42 Å². The van der Waals surface area contributed by atoms with Gasteiger partial charge in [-0.25, -0.2) is 70.2 Å². The molecule has 0 aromatic carbocycles. The van der Waals surface area contributed by atoms with Crippen molar-refractivity contribution in [3.05, 3.63) is 0 Å². The minimum atomic E-state index is -4.40. The molecule has 0 radical (unpaired) electrons. The van der Waals surface area contributed by atoms with Crippen molar-refractivity contribution in [2.75, 3.05) is 6.67 Å². The molecule has 0 heterocycles. The van der Waals surface area contributed by atoms with Crippen molar-refractivity contribution >= 4 is 5.91 Å². The van der Waals surface area contributed by atoms with Crippen LogP contribution in [0.2, 0.25) is 0 Å². The van der Waals surface area contributed by atoms with Crippen LogP contribution >= 0.6 is 0 Å². The van der Waals surface area contributed by atoms with E-state index >= 15 is 0 Å². The van der Waals surface area contributed by atoms with Gasteiger partial charge in [0.05, 0.1) is 6.67 Å². The second-order valence-electron chi connectivity index (χ2n) is 8.02. The topological polar surface area (TPSA) is 43.1 Å². The summed E-state index contributed by atoms with van der Waals surface area (Å²) in [6.07, 6.45) is -66.7. The highest BCUT2D eigenvalue weighted by atomic mass is 19.2. The van der Waals surface area contributed by atoms with E-state index in [0.29, 0.717) is 0 Å². The fraction of sp³-hybridized carbons (Fsp3) is 0.947. The monoisotopic (exact) mass is 603 g/mol. The van der Waals surface area contributed by atoms with E-state index in [1.165, 1.54) is 0 Å². The summed E-state index contributed by atoms with van der Waals surface area (Å²) < 4.78 is 229. The lowest BCUT2D eigenvalue weighted by Crippen LogP contribution is -2.52. The number of carbonyl (C=O) groups excluding carboxylic acids is 1. The van der Waals surface area contributed by atoms with Crippen molar-refractivity contribution < 1.29 is 79.4 Å². The number of alkyl halides is 17. The quantitative estimate of drug-likeness (QED) is 0.214. The molecule has 16 unspecified atom stereocenters. The third-order valence-corrected chi connectivity index (χ3v) is 5.24. The van der Waals surface area contributed by atoms with Crippen molar-refractivity contribution in [3.8, 4) is 0 Å². The van der Waals surface area contributed by atoms with E-state index in [2.05, 4.69) is 5.73 Å². The molecule has 228 valence electrons. The molecule has 0 spiro atoms. The molecular weight excluding hydrogens is 581 g/mol. The Bertz CT molecular complexity index is 696. The lowest BCUT2D eigenvalue weighted by atomic mass is 9.93. The number of hydrogen-bond donors (Lipinski definition) is 1. The van der Waals surface area contributed by atoms with Crippen molar-refractivity contribution in [2.45, 2.75) is 105 Å². The first-order valence-electron chi connectivity index (χ1n) is 10.4. The van der Waals surface area contributed by atoms with Crippen molar-refractivity contribution in [3.63, 3.8) is 0 Å². The molecule has 38 heavy (non-hydrogen) atoms. The molecule has 0 saturated heterocycles. The van der Waals surface area contributed by atoms with E-state index in [1.54, 1.807) is 0 Å². The number of hydrogen-bond acceptors (Lipinski definition) is 1. The highest BCUT2D eigenvalue weighted by molar-refractivity contribution is 5.79. The summed E-state index contributed by atoms with van der Waals surface area (Å²) in [4.78, 5) is 10.4. The summed E-state index contributed by atoms with van der Waals surface area (Å²) >= 11 is 0. The molecule has 2 nitrogen and oxygen atoms in total. The van der Waals surface area contributed by atoms with Crippen molar-refractivity contribution in [2.24, 2.45) is 5.73 Å². The van der Waals surface area contributed by atoms with Crippen LogP contribution in [0.15, 0.2) is 0 Å². The third kappa shape index (κ3) is 8.91. The van der Waals surface area contributed by atoms with Gasteiger partial charge in [0.2, 0.25) is 6.17 Å². The van der Waals surface area contributed by atoms with E-state index in [4.69, 9.17) is 0 Å². The molecule has 19 heteroatoms. The SMILES string of the molecule is NC(=O)C(F)C(F)C(F)C(F)C(F)C(F)C(F)C(F)C(F)C(F)C(F)C(F)C(F)C(F)C(F)C(F)CCF. The Morgan fingerprint density at radius 2 is 0.632 bits per heavy atom. The van der Waals surface area contributed by atoms with E-state index in [0.717, 1.165) is 0 Å². The van der Waals surface area contributed by atoms with Gasteiger partial charge in [-0.1, -0.05) is 0 Å². The smallest absolute Gasteiger partial charge is 0.255 e. The molecule has 0 saturated carbocycles. The number of nitrogens with two attached hydrogens (primary N) is 1. The predicted molar refractivity (Wildman–Crippen MR) is 98.1 cm³/mol. The molecule has 0 aromatic heterocycles. The summed E-state index contributed by atoms with van der Waals surface area (Å²) in [5, 5.41) is 0. The van der Waals surface area contributed by atoms with Crippen molar-refractivity contribution in [1.29, 1.82) is 0 Å². The second-order valence-corrected chi connectivity index (χ2v) is 8.02. The summed E-state index contributed by atoms with van der Waals surface area (Å²) in [5.41, 5.74) is 4.23. The van der Waals surface area contributed by atoms with Crippen LogP contribution in [0.3, 0.4) is 0 Å². The Morgan fingerprint density at radius 1 is 0.421 bits per heavy atom. The summed E-state index contributed by atoms with van der Waals surface area (Å²) in [6, 6.07) is 0. The minimum Gasteiger partial charge on any atom is -0.367 e. The molecule has 2 N–H and O–H groups in total. The van der Waals surface area contributed by atoms with E-state index in [9.17, 15) is 79.4 Å². The molecule has 0 aliphatic carbocycles. The fourth-order valence-corrected chi connectivity index (χ4v) is 2.89. The Morgan fingerprint density at radius 3 is 0.842 bits per heavy atom. The zero-order chi connectivity index (χ0) is 30.2. The average molecular weight is 603 g/mol. The van der Waals surface area contributed by atoms with Crippen LogP contribution in [0.5, 0.6) is 0 Å². The molecule has 16 atom stereocenters. The third-order valence-electron chi connectivity index (χ3n) is 5.24. The molecule has 0 aromatic rings.